The van der Waals surface area contributed by atoms with Crippen LogP contribution >= 0.6 is 69.6 Å². The highest BCUT2D eigenvalue weighted by Gasteiger charge is 2.87. The first kappa shape index (κ1) is 26.7. The Labute approximate surface area is 241 Å². The van der Waals surface area contributed by atoms with Gasteiger partial charge in [0.15, 0.2) is 4.33 Å². The third kappa shape index (κ3) is 3.31. The number of methoxy groups -OCH3 is 2. The van der Waals surface area contributed by atoms with Gasteiger partial charge in [0.05, 0.1) is 47.5 Å². The average molecular weight is 625 g/mol. The van der Waals surface area contributed by atoms with Crippen LogP contribution in [0.1, 0.15) is 10.4 Å². The molecule has 1 saturated heterocycles. The largest absolute Gasteiger partial charge is 0.497 e. The summed E-state index contributed by atoms with van der Waals surface area (Å²) in [4.78, 5) is 36.9. The van der Waals surface area contributed by atoms with E-state index in [1.54, 1.807) is 18.2 Å². The van der Waals surface area contributed by atoms with Crippen molar-refractivity contribution in [1.82, 2.24) is 0 Å². The molecule has 5 rings (SSSR count). The van der Waals surface area contributed by atoms with Crippen molar-refractivity contribution in [3.8, 4) is 11.5 Å². The number of imide groups is 1. The number of hydrogen-bond acceptors (Lipinski definition) is 5. The molecule has 2 bridgehead atoms. The molecule has 7 nitrogen and oxygen atoms in total. The molecule has 0 unspecified atom stereocenters. The topological polar surface area (TPSA) is 84.9 Å². The van der Waals surface area contributed by atoms with Gasteiger partial charge in [0, 0.05) is 11.6 Å². The number of alkyl halides is 4. The van der Waals surface area contributed by atoms with E-state index >= 15 is 0 Å². The molecule has 0 aromatic heterocycles. The van der Waals surface area contributed by atoms with Gasteiger partial charge in [0.2, 0.25) is 11.8 Å². The molecule has 2 aliphatic carbocycles. The second-order valence-electron chi connectivity index (χ2n) is 8.66. The van der Waals surface area contributed by atoms with Gasteiger partial charge in [-0.15, -0.1) is 23.2 Å². The van der Waals surface area contributed by atoms with E-state index in [4.69, 9.17) is 79.1 Å². The maximum atomic E-state index is 13.5. The molecule has 3 amide bonds. The summed E-state index contributed by atoms with van der Waals surface area (Å²) in [5, 5.41) is 2.42. The van der Waals surface area contributed by atoms with Crippen LogP contribution in [0.15, 0.2) is 52.5 Å². The van der Waals surface area contributed by atoms with Crippen molar-refractivity contribution in [3.05, 3.63) is 58.1 Å². The number of amides is 3. The van der Waals surface area contributed by atoms with Gasteiger partial charge in [-0.1, -0.05) is 46.4 Å². The second-order valence-corrected chi connectivity index (χ2v) is 11.9. The van der Waals surface area contributed by atoms with Gasteiger partial charge >= 0.3 is 0 Å². The Morgan fingerprint density at radius 2 is 1.41 bits per heavy atom. The number of fused-ring (bicyclic) bond motifs is 5. The van der Waals surface area contributed by atoms with Gasteiger partial charge in [0.1, 0.15) is 21.2 Å². The third-order valence-corrected chi connectivity index (χ3v) is 11.2. The number of allylic oxidation sites excluding steroid dienone is 2. The zero-order valence-electron chi connectivity index (χ0n) is 19.0. The quantitative estimate of drug-likeness (QED) is 0.330. The number of anilines is 2. The highest BCUT2D eigenvalue weighted by atomic mass is 35.5. The molecule has 0 radical (unpaired) electrons. The first-order valence-corrected chi connectivity index (χ1v) is 13.0. The van der Waals surface area contributed by atoms with Crippen LogP contribution in [0.2, 0.25) is 0 Å². The highest BCUT2D eigenvalue weighted by molar-refractivity contribution is 6.67. The number of nitrogens with zero attached hydrogens (tertiary/aromatic N) is 1. The summed E-state index contributed by atoms with van der Waals surface area (Å²) >= 11 is 39.1. The Morgan fingerprint density at radius 1 is 0.865 bits per heavy atom. The fourth-order valence-corrected chi connectivity index (χ4v) is 8.04. The SMILES string of the molecule is COc1ccc(NC(=O)c2ccc(N3C(=O)[C@@H]4[C@@H](C3=O)[C@@]3(Cl)C(Cl)=C(Cl)[C@@]4(Cl)C3(Cl)Cl)cc2)c(OC)c1. The van der Waals surface area contributed by atoms with E-state index in [9.17, 15) is 14.4 Å². The number of benzene rings is 2. The molecule has 194 valence electrons. The van der Waals surface area contributed by atoms with Gasteiger partial charge in [-0.05, 0) is 36.4 Å². The van der Waals surface area contributed by atoms with Crippen molar-refractivity contribution in [2.24, 2.45) is 11.8 Å². The fourth-order valence-electron chi connectivity index (χ4n) is 5.11. The summed E-state index contributed by atoms with van der Waals surface area (Å²) in [6, 6.07) is 10.8. The first-order chi connectivity index (χ1) is 17.4. The molecule has 2 aromatic carbocycles. The zero-order chi connectivity index (χ0) is 27.1. The molecule has 1 aliphatic heterocycles. The summed E-state index contributed by atoms with van der Waals surface area (Å²) in [6.45, 7) is 0. The number of ether oxygens (including phenoxy) is 2. The minimum Gasteiger partial charge on any atom is -0.497 e. The Bertz CT molecular complexity index is 1350. The Kier molecular flexibility index (Phi) is 6.38. The molecule has 37 heavy (non-hydrogen) atoms. The van der Waals surface area contributed by atoms with E-state index in [2.05, 4.69) is 5.32 Å². The van der Waals surface area contributed by atoms with Crippen molar-refractivity contribution in [3.63, 3.8) is 0 Å². The Hall–Kier alpha value is -1.87. The van der Waals surface area contributed by atoms with E-state index in [0.29, 0.717) is 17.2 Å². The van der Waals surface area contributed by atoms with Crippen LogP contribution < -0.4 is 19.7 Å². The Morgan fingerprint density at radius 3 is 1.89 bits per heavy atom. The van der Waals surface area contributed by atoms with E-state index in [1.807, 2.05) is 0 Å². The van der Waals surface area contributed by atoms with Gasteiger partial charge in [-0.3, -0.25) is 14.4 Å². The molecule has 1 saturated carbocycles. The summed E-state index contributed by atoms with van der Waals surface area (Å²) in [7, 11) is 2.99. The third-order valence-electron chi connectivity index (χ3n) is 6.95. The number of carbonyl (C=O) groups excluding carboxylic acids is 3. The predicted octanol–water partition coefficient (Wildman–Crippen LogP) is 5.91. The molecule has 2 aromatic rings. The van der Waals surface area contributed by atoms with Gasteiger partial charge in [0.25, 0.3) is 5.91 Å². The molecular weight excluding hydrogens is 609 g/mol. The molecular formula is C24H16Cl6N2O5. The number of halogens is 6. The highest BCUT2D eigenvalue weighted by Crippen LogP contribution is 2.77. The van der Waals surface area contributed by atoms with Gasteiger partial charge < -0.3 is 14.8 Å². The molecule has 2 fully saturated rings. The molecule has 0 spiro atoms. The Balaban J connectivity index is 1.41. The first-order valence-electron chi connectivity index (χ1n) is 10.7. The van der Waals surface area contributed by atoms with Gasteiger partial charge in [-0.2, -0.15) is 0 Å². The molecule has 13 heteroatoms. The van der Waals surface area contributed by atoms with Crippen molar-refractivity contribution in [2.45, 2.75) is 14.1 Å². The standard InChI is InChI=1S/C24H16Cl6N2O5/c1-36-12-7-8-13(14(9-12)37-2)31-19(33)10-3-5-11(6-4-10)32-20(34)15-16(21(32)35)23(28)18(26)17(25)22(15,27)24(23,29)30/h3-9,15-16H,1-2H3,(H,31,33)/t15-,16-,22+,23+/m0/s1. The number of carbonyl (C=O) groups is 3. The lowest BCUT2D eigenvalue weighted by Gasteiger charge is -2.34. The van der Waals surface area contributed by atoms with Crippen LogP contribution in [-0.2, 0) is 9.59 Å². The number of rotatable bonds is 5. The van der Waals surface area contributed by atoms with E-state index in [0.717, 1.165) is 4.90 Å². The molecule has 3 aliphatic rings. The molecule has 4 atom stereocenters. The van der Waals surface area contributed by atoms with Crippen LogP contribution in [0.25, 0.3) is 0 Å². The van der Waals surface area contributed by atoms with E-state index in [1.165, 1.54) is 38.5 Å². The maximum Gasteiger partial charge on any atom is 0.255 e. The minimum absolute atomic E-state index is 0.166. The average Bonchev–Trinajstić information content (AvgIpc) is 3.27. The van der Waals surface area contributed by atoms with Gasteiger partial charge in [-0.25, -0.2) is 4.90 Å². The lowest BCUT2D eigenvalue weighted by Crippen LogP contribution is -2.50. The van der Waals surface area contributed by atoms with Crippen LogP contribution in [0.5, 0.6) is 11.5 Å². The lowest BCUT2D eigenvalue weighted by atomic mass is 9.84. The normalized spacial score (nSPS) is 29.6. The zero-order valence-corrected chi connectivity index (χ0v) is 23.5. The van der Waals surface area contributed by atoms with Crippen molar-refractivity contribution in [2.75, 3.05) is 24.4 Å². The van der Waals surface area contributed by atoms with E-state index in [-0.39, 0.29) is 21.3 Å². The number of nitrogens with one attached hydrogen (secondary N) is 1. The molecule has 1 heterocycles. The smallest absolute Gasteiger partial charge is 0.255 e. The minimum atomic E-state index is -2.01. The lowest BCUT2D eigenvalue weighted by molar-refractivity contribution is -0.123. The van der Waals surface area contributed by atoms with Crippen LogP contribution in [0.3, 0.4) is 0 Å². The second kappa shape index (κ2) is 8.83. The summed E-state index contributed by atoms with van der Waals surface area (Å²) in [5.41, 5.74) is 0.888. The maximum absolute atomic E-state index is 13.5. The van der Waals surface area contributed by atoms with Crippen LogP contribution in [-0.4, -0.2) is 46.0 Å². The van der Waals surface area contributed by atoms with Crippen LogP contribution in [0.4, 0.5) is 11.4 Å². The van der Waals surface area contributed by atoms with Crippen molar-refractivity contribution < 1.29 is 23.9 Å². The van der Waals surface area contributed by atoms with Crippen molar-refractivity contribution in [1.29, 1.82) is 0 Å². The summed E-state index contributed by atoms with van der Waals surface area (Å²) in [6.07, 6.45) is 0. The summed E-state index contributed by atoms with van der Waals surface area (Å²) < 4.78 is 8.45. The predicted molar refractivity (Wildman–Crippen MR) is 144 cm³/mol. The number of hydrogen-bond donors (Lipinski definition) is 1. The summed E-state index contributed by atoms with van der Waals surface area (Å²) in [5.74, 6) is -3.32. The molecule has 1 N–H and O–H groups in total. The van der Waals surface area contributed by atoms with Crippen molar-refractivity contribution >= 4 is 98.7 Å². The monoisotopic (exact) mass is 622 g/mol. The van der Waals surface area contributed by atoms with Crippen LogP contribution in [0, 0.1) is 11.8 Å². The fraction of sp³-hybridized carbons (Fsp3) is 0.292. The van der Waals surface area contributed by atoms with E-state index < -0.39 is 43.6 Å².